The number of phenols is 1. The molecule has 0 saturated heterocycles. The first kappa shape index (κ1) is 67.8. The zero-order chi connectivity index (χ0) is 52.1. The second kappa shape index (κ2) is 40.5. The van der Waals surface area contributed by atoms with Crippen LogP contribution in [0.1, 0.15) is 69.2 Å². The number of rotatable bonds is 22. The Kier molecular flexibility index (Phi) is 40.4. The van der Waals surface area contributed by atoms with E-state index in [2.05, 4.69) is 15.0 Å². The number of benzene rings is 2. The van der Waals surface area contributed by atoms with Gasteiger partial charge in [0.05, 0.1) is 6.33 Å². The summed E-state index contributed by atoms with van der Waals surface area (Å²) in [6.07, 6.45) is 7.66. The van der Waals surface area contributed by atoms with Gasteiger partial charge in [0.15, 0.2) is 5.96 Å². The molecule has 26 heteroatoms. The molecule has 68 heavy (non-hydrogen) atoms. The van der Waals surface area contributed by atoms with Crippen LogP contribution in [-0.4, -0.2) is 137 Å². The standard InChI is InChI=1S/C9H11NO3.C9H11NO2.C6H14N4O2.C6H9N3O2.C6H14N2O2.C6H13NO2.H3N/c10-8(9(12)13)5-6-1-3-7(11)4-2-6;10-8(9(11)12)6-7-4-2-1-3-5-7;7-4(5(11)12)2-1-3-10-6(8)9;7-5(6(10)11)1-4-2-8-3-9-4;7-4-2-1-3-5(8)6(9)10;1-4(2)3-5(7)6(8)9;/h1-4,8,11H,5,10H2,(H,12,13);1-5,8H,6,10H2,(H,11,12);4H,1-3,7H2,(H,11,12)(H4,8,9,10);2-3,5H,1,7H2,(H,8,9)(H,10,11);5H,1-4,7-8H2,(H,9,10);4-5H,3,7H2,1-2H3,(H,8,9);1H3. The molecule has 2 aromatic carbocycles. The minimum Gasteiger partial charge on any atom is -0.508 e. The lowest BCUT2D eigenvalue weighted by Gasteiger charge is -2.07. The first-order valence-electron chi connectivity index (χ1n) is 20.7. The summed E-state index contributed by atoms with van der Waals surface area (Å²) in [6.45, 7) is 4.92. The number of aromatic amines is 1. The minimum absolute atomic E-state index is 0. The number of aromatic hydroxyl groups is 1. The third kappa shape index (κ3) is 40.7. The Morgan fingerprint density at radius 1 is 0.588 bits per heavy atom. The summed E-state index contributed by atoms with van der Waals surface area (Å²) in [6, 6.07) is 10.9. The summed E-state index contributed by atoms with van der Waals surface area (Å²) in [5.41, 5.74) is 49.4. The summed E-state index contributed by atoms with van der Waals surface area (Å²) in [4.78, 5) is 71.7. The van der Waals surface area contributed by atoms with Crippen LogP contribution in [0.5, 0.6) is 5.75 Å². The number of carboxylic acids is 6. The summed E-state index contributed by atoms with van der Waals surface area (Å²) >= 11 is 0. The molecule has 1 aromatic heterocycles. The lowest BCUT2D eigenvalue weighted by Crippen LogP contribution is -2.32. The fourth-order valence-electron chi connectivity index (χ4n) is 4.53. The van der Waals surface area contributed by atoms with Crippen LogP contribution in [0.15, 0.2) is 72.1 Å². The number of hydrogen-bond acceptors (Lipinski definition) is 17. The van der Waals surface area contributed by atoms with E-state index >= 15 is 0 Å². The van der Waals surface area contributed by atoms with Gasteiger partial charge in [-0.15, -0.1) is 0 Å². The molecular weight excluding hydrogens is 895 g/mol. The molecule has 6 atom stereocenters. The van der Waals surface area contributed by atoms with Crippen LogP contribution in [0, 0.1) is 5.92 Å². The average molecular weight is 970 g/mol. The fourth-order valence-corrected chi connectivity index (χ4v) is 4.53. The molecule has 386 valence electrons. The molecule has 0 aliphatic heterocycles. The van der Waals surface area contributed by atoms with Crippen molar-refractivity contribution in [2.75, 3.05) is 13.1 Å². The van der Waals surface area contributed by atoms with E-state index in [9.17, 15) is 28.8 Å². The number of unbranched alkanes of at least 4 members (excludes halogenated alkanes) is 1. The van der Waals surface area contributed by atoms with E-state index in [0.29, 0.717) is 51.1 Å². The zero-order valence-electron chi connectivity index (χ0n) is 38.5. The third-order valence-electron chi connectivity index (χ3n) is 8.25. The number of carboxylic acid groups (broad SMARTS) is 6. The molecule has 0 fully saturated rings. The van der Waals surface area contributed by atoms with Gasteiger partial charge < -0.3 is 98.5 Å². The predicted octanol–water partition coefficient (Wildman–Crippen LogP) is -1.06. The van der Waals surface area contributed by atoms with Crippen molar-refractivity contribution >= 4 is 41.8 Å². The van der Waals surface area contributed by atoms with Crippen LogP contribution in [-0.2, 0) is 48.0 Å². The largest absolute Gasteiger partial charge is 0.508 e. The maximum absolute atomic E-state index is 10.4. The molecule has 1 heterocycles. The Hall–Kier alpha value is -6.78. The molecule has 0 radical (unpaired) electrons. The highest BCUT2D eigenvalue weighted by Crippen LogP contribution is 2.11. The number of hydrogen-bond donors (Lipinski definition) is 18. The molecule has 3 aromatic rings. The Balaban J connectivity index is -0.000000362. The topological polar surface area (TPSA) is 554 Å². The third-order valence-corrected chi connectivity index (χ3v) is 8.25. The van der Waals surface area contributed by atoms with Crippen LogP contribution in [0.3, 0.4) is 0 Å². The quantitative estimate of drug-likeness (QED) is 0.0324. The van der Waals surface area contributed by atoms with E-state index in [1.54, 1.807) is 18.3 Å². The van der Waals surface area contributed by atoms with Crippen LogP contribution in [0.4, 0.5) is 0 Å². The number of H-pyrrole nitrogens is 1. The molecule has 29 N–H and O–H groups in total. The van der Waals surface area contributed by atoms with Gasteiger partial charge >= 0.3 is 35.8 Å². The number of phenolic OH excluding ortho intramolecular Hbond substituents is 1. The van der Waals surface area contributed by atoms with Crippen molar-refractivity contribution in [2.24, 2.45) is 62.5 Å². The minimum atomic E-state index is -1.02. The van der Waals surface area contributed by atoms with Crippen molar-refractivity contribution in [3.8, 4) is 5.75 Å². The highest BCUT2D eigenvalue weighted by atomic mass is 16.4. The average Bonchev–Trinajstić information content (AvgIpc) is 3.77. The second-order valence-corrected chi connectivity index (χ2v) is 14.9. The van der Waals surface area contributed by atoms with Crippen molar-refractivity contribution < 1.29 is 64.5 Å². The number of nitrogens with zero attached hydrogens (tertiary/aromatic N) is 2. The van der Waals surface area contributed by atoms with E-state index in [4.69, 9.17) is 87.3 Å². The van der Waals surface area contributed by atoms with Gasteiger partial charge in [0.25, 0.3) is 0 Å². The van der Waals surface area contributed by atoms with Crippen LogP contribution in [0.25, 0.3) is 0 Å². The zero-order valence-corrected chi connectivity index (χ0v) is 38.5. The SMILES string of the molecule is CC(C)CC(N)C(=O)O.N.NC(Cc1ccc(O)cc1)C(=O)O.NC(Cc1ccccc1)C(=O)O.NC(Cc1cnc[nH]1)C(=O)O.NC(N)=NCCCC(N)C(=O)O.NCCCCC(N)C(=O)O. The molecule has 0 spiro atoms. The van der Waals surface area contributed by atoms with Gasteiger partial charge in [0.2, 0.25) is 0 Å². The summed E-state index contributed by atoms with van der Waals surface area (Å²) < 4.78 is 0. The predicted molar refractivity (Wildman–Crippen MR) is 255 cm³/mol. The lowest BCUT2D eigenvalue weighted by molar-refractivity contribution is -0.139. The molecule has 6 unspecified atom stereocenters. The number of aromatic nitrogens is 2. The molecular formula is C42H75N13O13. The summed E-state index contributed by atoms with van der Waals surface area (Å²) in [5.74, 6) is -5.30. The number of nitrogens with one attached hydrogen (secondary N) is 1. The first-order valence-corrected chi connectivity index (χ1v) is 20.7. The number of imidazole rings is 1. The summed E-state index contributed by atoms with van der Waals surface area (Å²) in [7, 11) is 0. The van der Waals surface area contributed by atoms with E-state index in [1.807, 2.05) is 44.2 Å². The van der Waals surface area contributed by atoms with Crippen molar-refractivity contribution in [1.29, 1.82) is 0 Å². The molecule has 0 bridgehead atoms. The van der Waals surface area contributed by atoms with Crippen LogP contribution in [0.2, 0.25) is 0 Å². The van der Waals surface area contributed by atoms with Crippen molar-refractivity contribution in [3.63, 3.8) is 0 Å². The molecule has 0 aliphatic rings. The van der Waals surface area contributed by atoms with Gasteiger partial charge in [-0.3, -0.25) is 33.8 Å². The van der Waals surface area contributed by atoms with Crippen LogP contribution >= 0.6 is 0 Å². The Morgan fingerprint density at radius 3 is 1.35 bits per heavy atom. The second-order valence-electron chi connectivity index (χ2n) is 14.9. The monoisotopic (exact) mass is 970 g/mol. The van der Waals surface area contributed by atoms with Crippen molar-refractivity contribution in [1.82, 2.24) is 16.1 Å². The number of carbonyl (C=O) groups is 6. The van der Waals surface area contributed by atoms with E-state index in [1.165, 1.54) is 18.5 Å². The maximum atomic E-state index is 10.4. The Labute approximate surface area is 394 Å². The van der Waals surface area contributed by atoms with Crippen LogP contribution < -0.4 is 57.8 Å². The highest BCUT2D eigenvalue weighted by molar-refractivity contribution is 5.76. The smallest absolute Gasteiger partial charge is 0.320 e. The van der Waals surface area contributed by atoms with Crippen molar-refractivity contribution in [3.05, 3.63) is 83.9 Å². The van der Waals surface area contributed by atoms with Gasteiger partial charge in [0, 0.05) is 24.9 Å². The fraction of sp³-hybridized carbons (Fsp3) is 0.476. The Morgan fingerprint density at radius 2 is 1.00 bits per heavy atom. The van der Waals surface area contributed by atoms with E-state index in [0.717, 1.165) is 29.7 Å². The summed E-state index contributed by atoms with van der Waals surface area (Å²) in [5, 5.41) is 59.4. The van der Waals surface area contributed by atoms with Crippen molar-refractivity contribution in [2.45, 2.75) is 108 Å². The molecule has 3 rings (SSSR count). The molecule has 0 amide bonds. The maximum Gasteiger partial charge on any atom is 0.320 e. The molecule has 0 saturated carbocycles. The van der Waals surface area contributed by atoms with E-state index < -0.39 is 72.1 Å². The number of nitrogens with two attached hydrogens (primary N) is 9. The van der Waals surface area contributed by atoms with Gasteiger partial charge in [-0.05, 0) is 80.7 Å². The molecule has 26 nitrogen and oxygen atoms in total. The first-order chi connectivity index (χ1) is 31.2. The molecule has 0 aliphatic carbocycles. The van der Waals surface area contributed by atoms with Gasteiger partial charge in [-0.25, -0.2) is 4.98 Å². The number of guanidine groups is 1. The van der Waals surface area contributed by atoms with E-state index in [-0.39, 0.29) is 30.7 Å². The highest BCUT2D eigenvalue weighted by Gasteiger charge is 2.15. The number of aliphatic imine (C=N–C) groups is 1. The van der Waals surface area contributed by atoms with Gasteiger partial charge in [-0.2, -0.15) is 0 Å². The van der Waals surface area contributed by atoms with Gasteiger partial charge in [0.1, 0.15) is 42.0 Å². The van der Waals surface area contributed by atoms with Gasteiger partial charge in [-0.1, -0.05) is 62.7 Å². The lowest BCUT2D eigenvalue weighted by atomic mass is 10.1. The Bertz CT molecular complexity index is 1840. The normalized spacial score (nSPS) is 12.5. The number of aliphatic carboxylic acids is 6.